The molecule has 4 rings (SSSR count). The normalized spacial score (nSPS) is 14.6. The number of carbonyl (C=O) groups is 2. The number of hydrogen-bond acceptors (Lipinski definition) is 5. The first-order valence-corrected chi connectivity index (χ1v) is 9.96. The standard InChI is InChI=1S/C20H18F4N6O3/c1-3-10(2)28-8-12-17(19(28)33)29(9-15(31)26-14-5-4-11(21)7-25-14)16-6-13(20(22,23)24)27-30(16)18(12)32/h4-7,10H,3,8-9H2,1-2H3,(H,25,26,31)/t10-/m1/s1. The van der Waals surface area contributed by atoms with E-state index >= 15 is 0 Å². The highest BCUT2D eigenvalue weighted by Gasteiger charge is 2.39. The van der Waals surface area contributed by atoms with Crippen LogP contribution in [0.25, 0.3) is 5.65 Å². The second-order valence-corrected chi connectivity index (χ2v) is 7.62. The molecule has 4 heterocycles. The number of fused-ring (bicyclic) bond motifs is 2. The summed E-state index contributed by atoms with van der Waals surface area (Å²) < 4.78 is 54.5. The summed E-state index contributed by atoms with van der Waals surface area (Å²) in [6, 6.07) is 2.64. The van der Waals surface area contributed by atoms with Gasteiger partial charge in [-0.15, -0.1) is 0 Å². The summed E-state index contributed by atoms with van der Waals surface area (Å²) in [5, 5.41) is 5.77. The lowest BCUT2D eigenvalue weighted by Gasteiger charge is -2.22. The molecule has 0 radical (unpaired) electrons. The Morgan fingerprint density at radius 1 is 1.27 bits per heavy atom. The first kappa shape index (κ1) is 22.4. The number of rotatable bonds is 5. The van der Waals surface area contributed by atoms with E-state index in [2.05, 4.69) is 15.4 Å². The molecule has 3 aromatic heterocycles. The van der Waals surface area contributed by atoms with E-state index in [-0.39, 0.29) is 35.3 Å². The van der Waals surface area contributed by atoms with Crippen LogP contribution in [0.15, 0.2) is 29.2 Å². The maximum absolute atomic E-state index is 13.3. The molecule has 1 N–H and O–H groups in total. The molecule has 0 aromatic carbocycles. The molecule has 0 unspecified atom stereocenters. The summed E-state index contributed by atoms with van der Waals surface area (Å²) >= 11 is 0. The Labute approximate surface area is 183 Å². The highest BCUT2D eigenvalue weighted by Crippen LogP contribution is 2.30. The van der Waals surface area contributed by atoms with Gasteiger partial charge in [0.25, 0.3) is 11.5 Å². The van der Waals surface area contributed by atoms with Crippen molar-refractivity contribution < 1.29 is 27.2 Å². The fourth-order valence-corrected chi connectivity index (χ4v) is 3.64. The number of carbonyl (C=O) groups excluding carboxylic acids is 2. The third kappa shape index (κ3) is 3.94. The smallest absolute Gasteiger partial charge is 0.330 e. The third-order valence-corrected chi connectivity index (χ3v) is 5.48. The molecule has 1 aliphatic heterocycles. The molecule has 13 heteroatoms. The van der Waals surface area contributed by atoms with Crippen molar-refractivity contribution in [2.75, 3.05) is 5.32 Å². The van der Waals surface area contributed by atoms with Crippen molar-refractivity contribution in [3.63, 3.8) is 0 Å². The van der Waals surface area contributed by atoms with Gasteiger partial charge >= 0.3 is 6.18 Å². The van der Waals surface area contributed by atoms with Gasteiger partial charge in [0, 0.05) is 12.1 Å². The zero-order chi connectivity index (χ0) is 24.1. The maximum Gasteiger partial charge on any atom is 0.435 e. The quantitative estimate of drug-likeness (QED) is 0.582. The van der Waals surface area contributed by atoms with Gasteiger partial charge in [-0.2, -0.15) is 22.8 Å². The van der Waals surface area contributed by atoms with Crippen LogP contribution >= 0.6 is 0 Å². The first-order valence-electron chi connectivity index (χ1n) is 9.96. The summed E-state index contributed by atoms with van der Waals surface area (Å²) in [6.45, 7) is 2.91. The highest BCUT2D eigenvalue weighted by atomic mass is 19.4. The lowest BCUT2D eigenvalue weighted by molar-refractivity contribution is -0.141. The van der Waals surface area contributed by atoms with Gasteiger partial charge in [-0.3, -0.25) is 14.4 Å². The Morgan fingerprint density at radius 3 is 2.61 bits per heavy atom. The second kappa shape index (κ2) is 7.98. The molecule has 9 nitrogen and oxygen atoms in total. The van der Waals surface area contributed by atoms with Gasteiger partial charge in [-0.1, -0.05) is 6.92 Å². The van der Waals surface area contributed by atoms with E-state index in [0.717, 1.165) is 16.8 Å². The van der Waals surface area contributed by atoms with Crippen LogP contribution in [0.5, 0.6) is 0 Å². The van der Waals surface area contributed by atoms with E-state index in [1.807, 2.05) is 6.92 Å². The molecule has 1 atom stereocenters. The number of nitrogens with one attached hydrogen (secondary N) is 1. The summed E-state index contributed by atoms with van der Waals surface area (Å²) in [6.07, 6.45) is -3.38. The molecule has 0 spiro atoms. The van der Waals surface area contributed by atoms with Gasteiger partial charge in [0.1, 0.15) is 29.5 Å². The van der Waals surface area contributed by atoms with E-state index in [1.165, 1.54) is 11.0 Å². The van der Waals surface area contributed by atoms with Crippen molar-refractivity contribution in [3.05, 3.63) is 57.5 Å². The number of alkyl halides is 3. The van der Waals surface area contributed by atoms with Gasteiger partial charge in [0.2, 0.25) is 5.91 Å². The fraction of sp³-hybridized carbons (Fsp3) is 0.350. The van der Waals surface area contributed by atoms with Crippen molar-refractivity contribution in [2.24, 2.45) is 0 Å². The molecule has 1 aliphatic rings. The number of nitrogens with zero attached hydrogens (tertiary/aromatic N) is 5. The van der Waals surface area contributed by atoms with Crippen LogP contribution in [0.3, 0.4) is 0 Å². The SMILES string of the molecule is CC[C@@H](C)N1Cc2c(n(CC(=O)Nc3ccc(F)cn3)c3cc(C(F)(F)F)nn3c2=O)C1=O. The van der Waals surface area contributed by atoms with Gasteiger partial charge in [-0.05, 0) is 25.5 Å². The fourth-order valence-electron chi connectivity index (χ4n) is 3.64. The van der Waals surface area contributed by atoms with Gasteiger partial charge in [0.05, 0.1) is 18.3 Å². The minimum absolute atomic E-state index is 0.00663. The third-order valence-electron chi connectivity index (χ3n) is 5.48. The van der Waals surface area contributed by atoms with Gasteiger partial charge < -0.3 is 14.8 Å². The molecule has 0 saturated heterocycles. The van der Waals surface area contributed by atoms with E-state index < -0.39 is 41.6 Å². The molecule has 0 fully saturated rings. The van der Waals surface area contributed by atoms with E-state index in [0.29, 0.717) is 17.0 Å². The number of pyridine rings is 1. The number of amides is 2. The Bertz CT molecular complexity index is 1310. The number of anilines is 1. The average Bonchev–Trinajstić information content (AvgIpc) is 3.35. The molecule has 0 saturated carbocycles. The molecule has 3 aromatic rings. The van der Waals surface area contributed by atoms with Crippen LogP contribution in [0.4, 0.5) is 23.4 Å². The Balaban J connectivity index is 1.83. The Morgan fingerprint density at radius 2 is 2.00 bits per heavy atom. The molecule has 0 bridgehead atoms. The summed E-state index contributed by atoms with van der Waals surface area (Å²) in [5.74, 6) is -1.93. The second-order valence-electron chi connectivity index (χ2n) is 7.62. The minimum Gasteiger partial charge on any atom is -0.330 e. The van der Waals surface area contributed by atoms with Crippen molar-refractivity contribution in [2.45, 2.75) is 45.6 Å². The van der Waals surface area contributed by atoms with Crippen molar-refractivity contribution in [1.82, 2.24) is 24.1 Å². The van der Waals surface area contributed by atoms with E-state index in [9.17, 15) is 31.9 Å². The predicted octanol–water partition coefficient (Wildman–Crippen LogP) is 2.44. The maximum atomic E-state index is 13.3. The summed E-state index contributed by atoms with van der Waals surface area (Å²) in [4.78, 5) is 43.8. The Kier molecular flexibility index (Phi) is 5.42. The van der Waals surface area contributed by atoms with Gasteiger partial charge in [0.15, 0.2) is 5.69 Å². The minimum atomic E-state index is -4.84. The average molecular weight is 466 g/mol. The van der Waals surface area contributed by atoms with Crippen LogP contribution in [-0.2, 0) is 24.1 Å². The monoisotopic (exact) mass is 466 g/mol. The summed E-state index contributed by atoms with van der Waals surface area (Å²) in [5.41, 5.74) is -2.75. The topological polar surface area (TPSA) is 102 Å². The number of hydrogen-bond donors (Lipinski definition) is 1. The number of aromatic nitrogens is 4. The zero-order valence-corrected chi connectivity index (χ0v) is 17.5. The van der Waals surface area contributed by atoms with Crippen LogP contribution in [-0.4, -0.2) is 41.9 Å². The zero-order valence-electron chi connectivity index (χ0n) is 17.5. The lowest BCUT2D eigenvalue weighted by atomic mass is 10.2. The van der Waals surface area contributed by atoms with Crippen LogP contribution in [0, 0.1) is 5.82 Å². The van der Waals surface area contributed by atoms with Crippen molar-refractivity contribution >= 4 is 23.3 Å². The van der Waals surface area contributed by atoms with Crippen LogP contribution < -0.4 is 10.9 Å². The predicted molar refractivity (Wildman–Crippen MR) is 107 cm³/mol. The van der Waals surface area contributed by atoms with Gasteiger partial charge in [-0.25, -0.2) is 9.37 Å². The van der Waals surface area contributed by atoms with Crippen molar-refractivity contribution in [1.29, 1.82) is 0 Å². The molecule has 0 aliphatic carbocycles. The van der Waals surface area contributed by atoms with Crippen molar-refractivity contribution in [3.8, 4) is 0 Å². The van der Waals surface area contributed by atoms with Crippen LogP contribution in [0.2, 0.25) is 0 Å². The largest absolute Gasteiger partial charge is 0.435 e. The highest BCUT2D eigenvalue weighted by molar-refractivity contribution is 5.98. The Hall–Kier alpha value is -3.77. The first-order chi connectivity index (χ1) is 15.5. The molecular weight excluding hydrogens is 448 g/mol. The molecule has 33 heavy (non-hydrogen) atoms. The molecular formula is C20H18F4N6O3. The van der Waals surface area contributed by atoms with Crippen LogP contribution in [0.1, 0.15) is 42.0 Å². The number of halogens is 4. The molecule has 2 amide bonds. The summed E-state index contributed by atoms with van der Waals surface area (Å²) in [7, 11) is 0. The van der Waals surface area contributed by atoms with E-state index in [4.69, 9.17) is 0 Å². The van der Waals surface area contributed by atoms with E-state index in [1.54, 1.807) is 6.92 Å². The lowest BCUT2D eigenvalue weighted by Crippen LogP contribution is -2.34. The molecule has 174 valence electrons.